The van der Waals surface area contributed by atoms with Crippen LogP contribution >= 0.6 is 15.9 Å². The van der Waals surface area contributed by atoms with E-state index in [1.54, 1.807) is 0 Å². The van der Waals surface area contributed by atoms with Crippen molar-refractivity contribution in [1.29, 1.82) is 0 Å². The van der Waals surface area contributed by atoms with Gasteiger partial charge < -0.3 is 15.6 Å². The summed E-state index contributed by atoms with van der Waals surface area (Å²) in [6.45, 7) is 1.48. The van der Waals surface area contributed by atoms with Gasteiger partial charge >= 0.3 is 0 Å². The molecular formula is C15H13BrN4O. The summed E-state index contributed by atoms with van der Waals surface area (Å²) in [5, 5.41) is 5.94. The minimum atomic E-state index is -0.0965. The van der Waals surface area contributed by atoms with Gasteiger partial charge in [0.25, 0.3) is 0 Å². The Balaban J connectivity index is 1.86. The molecule has 0 atom stereocenters. The summed E-state index contributed by atoms with van der Waals surface area (Å²) in [6, 6.07) is 13.3. The summed E-state index contributed by atoms with van der Waals surface area (Å²) in [5.41, 5.74) is 3.43. The van der Waals surface area contributed by atoms with Crippen molar-refractivity contribution < 1.29 is 4.79 Å². The minimum absolute atomic E-state index is 0.0965. The van der Waals surface area contributed by atoms with Crippen LogP contribution in [-0.2, 0) is 4.79 Å². The number of rotatable bonds is 3. The van der Waals surface area contributed by atoms with Gasteiger partial charge in [-0.05, 0) is 36.4 Å². The van der Waals surface area contributed by atoms with E-state index in [0.29, 0.717) is 5.95 Å². The van der Waals surface area contributed by atoms with Gasteiger partial charge in [-0.25, -0.2) is 4.98 Å². The number of benzene rings is 2. The number of aromatic amines is 1. The van der Waals surface area contributed by atoms with Gasteiger partial charge in [-0.15, -0.1) is 0 Å². The predicted octanol–water partition coefficient (Wildman–Crippen LogP) is 4.03. The van der Waals surface area contributed by atoms with Crippen molar-refractivity contribution >= 4 is 50.2 Å². The summed E-state index contributed by atoms with van der Waals surface area (Å²) >= 11 is 3.43. The normalized spacial score (nSPS) is 10.6. The maximum Gasteiger partial charge on any atom is 0.221 e. The number of hydrogen-bond acceptors (Lipinski definition) is 3. The molecule has 0 saturated heterocycles. The molecule has 3 N–H and O–H groups in total. The number of halogens is 1. The quantitative estimate of drug-likeness (QED) is 0.671. The fraction of sp³-hybridized carbons (Fsp3) is 0.0667. The van der Waals surface area contributed by atoms with Gasteiger partial charge in [-0.3, -0.25) is 4.79 Å². The van der Waals surface area contributed by atoms with Crippen molar-refractivity contribution in [2.75, 3.05) is 10.6 Å². The van der Waals surface area contributed by atoms with Gasteiger partial charge in [-0.2, -0.15) is 0 Å². The number of hydrogen-bond donors (Lipinski definition) is 3. The fourth-order valence-corrected chi connectivity index (χ4v) is 2.42. The average molecular weight is 345 g/mol. The number of imidazole rings is 1. The molecule has 1 heterocycles. The Morgan fingerprint density at radius 2 is 2.00 bits per heavy atom. The summed E-state index contributed by atoms with van der Waals surface area (Å²) in [7, 11) is 0. The van der Waals surface area contributed by atoms with Crippen molar-refractivity contribution in [3.05, 3.63) is 46.9 Å². The second-order valence-electron chi connectivity index (χ2n) is 4.63. The number of fused-ring (bicyclic) bond motifs is 1. The maximum atomic E-state index is 11.1. The standard InChI is InChI=1S/C15H13BrN4O/c1-9(21)17-11-3-2-4-12(8-11)18-15-19-13-6-5-10(16)7-14(13)20-15/h2-8H,1H3,(H,17,21)(H2,18,19,20). The molecule has 6 heteroatoms. The van der Waals surface area contributed by atoms with E-state index < -0.39 is 0 Å². The Hall–Kier alpha value is -2.34. The zero-order valence-corrected chi connectivity index (χ0v) is 12.9. The molecule has 0 aliphatic heterocycles. The third-order valence-electron chi connectivity index (χ3n) is 2.89. The maximum absolute atomic E-state index is 11.1. The lowest BCUT2D eigenvalue weighted by Crippen LogP contribution is -2.05. The van der Waals surface area contributed by atoms with Gasteiger partial charge in [0.15, 0.2) is 0 Å². The highest BCUT2D eigenvalue weighted by atomic mass is 79.9. The molecule has 0 aliphatic rings. The topological polar surface area (TPSA) is 69.8 Å². The highest BCUT2D eigenvalue weighted by Crippen LogP contribution is 2.22. The zero-order valence-electron chi connectivity index (χ0n) is 11.3. The number of amides is 1. The smallest absolute Gasteiger partial charge is 0.221 e. The van der Waals surface area contributed by atoms with Crippen LogP contribution in [0.25, 0.3) is 11.0 Å². The minimum Gasteiger partial charge on any atom is -0.326 e. The first-order chi connectivity index (χ1) is 10.1. The van der Waals surface area contributed by atoms with Crippen LogP contribution in [0.1, 0.15) is 6.92 Å². The number of carbonyl (C=O) groups excluding carboxylic acids is 1. The van der Waals surface area contributed by atoms with Crippen LogP contribution in [0.4, 0.5) is 17.3 Å². The second-order valence-corrected chi connectivity index (χ2v) is 5.55. The molecule has 5 nitrogen and oxygen atoms in total. The number of carbonyl (C=O) groups is 1. The predicted molar refractivity (Wildman–Crippen MR) is 87.8 cm³/mol. The van der Waals surface area contributed by atoms with E-state index in [-0.39, 0.29) is 5.91 Å². The molecule has 3 aromatic rings. The van der Waals surface area contributed by atoms with Crippen molar-refractivity contribution in [2.24, 2.45) is 0 Å². The van der Waals surface area contributed by atoms with Crippen LogP contribution < -0.4 is 10.6 Å². The molecular weight excluding hydrogens is 332 g/mol. The lowest BCUT2D eigenvalue weighted by atomic mass is 10.3. The van der Waals surface area contributed by atoms with Crippen LogP contribution in [0.2, 0.25) is 0 Å². The number of nitrogens with one attached hydrogen (secondary N) is 3. The monoisotopic (exact) mass is 344 g/mol. The lowest BCUT2D eigenvalue weighted by Gasteiger charge is -2.06. The zero-order chi connectivity index (χ0) is 14.8. The van der Waals surface area contributed by atoms with Crippen molar-refractivity contribution in [3.63, 3.8) is 0 Å². The second kappa shape index (κ2) is 5.57. The summed E-state index contributed by atoms with van der Waals surface area (Å²) in [5.74, 6) is 0.559. The molecule has 1 aromatic heterocycles. The average Bonchev–Trinajstić information content (AvgIpc) is 2.79. The van der Waals surface area contributed by atoms with Crippen molar-refractivity contribution in [1.82, 2.24) is 9.97 Å². The highest BCUT2D eigenvalue weighted by Gasteiger charge is 2.04. The van der Waals surface area contributed by atoms with Crippen LogP contribution in [-0.4, -0.2) is 15.9 Å². The Bertz CT molecular complexity index is 812. The lowest BCUT2D eigenvalue weighted by molar-refractivity contribution is -0.114. The van der Waals surface area contributed by atoms with Crippen LogP contribution in [0.15, 0.2) is 46.9 Å². The van der Waals surface area contributed by atoms with Gasteiger partial charge in [0, 0.05) is 22.8 Å². The molecule has 0 spiro atoms. The number of aromatic nitrogens is 2. The Labute approximate surface area is 129 Å². The third kappa shape index (κ3) is 3.22. The van der Waals surface area contributed by atoms with E-state index in [2.05, 4.69) is 36.5 Å². The number of nitrogens with zero attached hydrogens (tertiary/aromatic N) is 1. The first-order valence-corrected chi connectivity index (χ1v) is 7.19. The SMILES string of the molecule is CC(=O)Nc1cccc(Nc2nc3ccc(Br)cc3[nH]2)c1. The first kappa shape index (κ1) is 13.6. The molecule has 0 unspecified atom stereocenters. The molecule has 0 radical (unpaired) electrons. The van der Waals surface area contributed by atoms with Crippen LogP contribution in [0.5, 0.6) is 0 Å². The molecule has 0 bridgehead atoms. The van der Waals surface area contributed by atoms with Gasteiger partial charge in [0.1, 0.15) is 0 Å². The number of anilines is 3. The summed E-state index contributed by atoms with van der Waals surface area (Å²) in [6.07, 6.45) is 0. The van der Waals surface area contributed by atoms with Crippen molar-refractivity contribution in [2.45, 2.75) is 6.92 Å². The van der Waals surface area contributed by atoms with Gasteiger partial charge in [0.2, 0.25) is 11.9 Å². The molecule has 3 rings (SSSR count). The molecule has 1 amide bonds. The molecule has 106 valence electrons. The van der Waals surface area contributed by atoms with Crippen LogP contribution in [0, 0.1) is 0 Å². The van der Waals surface area contributed by atoms with Crippen molar-refractivity contribution in [3.8, 4) is 0 Å². The van der Waals surface area contributed by atoms with E-state index in [0.717, 1.165) is 26.9 Å². The Kier molecular flexibility index (Phi) is 3.62. The van der Waals surface area contributed by atoms with E-state index in [4.69, 9.17) is 0 Å². The Morgan fingerprint density at radius 3 is 2.81 bits per heavy atom. The van der Waals surface area contributed by atoms with E-state index in [1.165, 1.54) is 6.92 Å². The van der Waals surface area contributed by atoms with E-state index >= 15 is 0 Å². The molecule has 0 aliphatic carbocycles. The van der Waals surface area contributed by atoms with E-state index in [1.807, 2.05) is 42.5 Å². The van der Waals surface area contributed by atoms with E-state index in [9.17, 15) is 4.79 Å². The fourth-order valence-electron chi connectivity index (χ4n) is 2.06. The summed E-state index contributed by atoms with van der Waals surface area (Å²) < 4.78 is 0.998. The third-order valence-corrected chi connectivity index (χ3v) is 3.38. The molecule has 2 aromatic carbocycles. The van der Waals surface area contributed by atoms with Gasteiger partial charge in [-0.1, -0.05) is 22.0 Å². The molecule has 0 fully saturated rings. The largest absolute Gasteiger partial charge is 0.326 e. The van der Waals surface area contributed by atoms with Crippen LogP contribution in [0.3, 0.4) is 0 Å². The van der Waals surface area contributed by atoms with Gasteiger partial charge in [0.05, 0.1) is 11.0 Å². The number of H-pyrrole nitrogens is 1. The molecule has 0 saturated carbocycles. The Morgan fingerprint density at radius 1 is 1.19 bits per heavy atom. The first-order valence-electron chi connectivity index (χ1n) is 6.40. The summed E-state index contributed by atoms with van der Waals surface area (Å²) in [4.78, 5) is 18.7. The molecule has 21 heavy (non-hydrogen) atoms. The highest BCUT2D eigenvalue weighted by molar-refractivity contribution is 9.10.